The number of hydrogen-bond acceptors (Lipinski definition) is 6. The minimum absolute atomic E-state index is 0.0893. The normalized spacial score (nSPS) is 12.6. The lowest BCUT2D eigenvalue weighted by Crippen LogP contribution is -2.30. The Morgan fingerprint density at radius 2 is 0.588 bits per heavy atom. The van der Waals surface area contributed by atoms with Gasteiger partial charge in [-0.3, -0.25) is 14.4 Å². The van der Waals surface area contributed by atoms with E-state index in [9.17, 15) is 14.4 Å². The van der Waals surface area contributed by atoms with E-state index in [1.807, 2.05) is 42.5 Å². The molecule has 0 spiro atoms. The summed E-state index contributed by atoms with van der Waals surface area (Å²) < 4.78 is 16.8. The fraction of sp³-hybridized carbons (Fsp3) is 0.758. The minimum atomic E-state index is -0.793. The fourth-order valence-electron chi connectivity index (χ4n) is 8.22. The summed E-state index contributed by atoms with van der Waals surface area (Å²) in [5.74, 6) is -0.925. The number of ether oxygens (including phenoxy) is 3. The lowest BCUT2D eigenvalue weighted by Gasteiger charge is -2.18. The Balaban J connectivity index is 4.41. The van der Waals surface area contributed by atoms with Crippen molar-refractivity contribution in [1.82, 2.24) is 0 Å². The third-order valence-electron chi connectivity index (χ3n) is 12.6. The Morgan fingerprint density at radius 3 is 0.956 bits per heavy atom. The van der Waals surface area contributed by atoms with Gasteiger partial charge in [0.25, 0.3) is 0 Å². The number of rotatable bonds is 52. The summed E-state index contributed by atoms with van der Waals surface area (Å²) in [6, 6.07) is 0. The number of carbonyl (C=O) groups is 3. The molecule has 0 saturated carbocycles. The first-order chi connectivity index (χ1) is 33.5. The van der Waals surface area contributed by atoms with Crippen LogP contribution >= 0.6 is 0 Å². The van der Waals surface area contributed by atoms with Crippen molar-refractivity contribution >= 4 is 17.9 Å². The first-order valence-electron chi connectivity index (χ1n) is 29.0. The molecule has 0 aromatic carbocycles. The van der Waals surface area contributed by atoms with Crippen molar-refractivity contribution in [3.05, 3.63) is 72.9 Å². The molecule has 0 rings (SSSR count). The second kappa shape index (κ2) is 56.4. The smallest absolute Gasteiger partial charge is 0.306 e. The van der Waals surface area contributed by atoms with Crippen LogP contribution in [0, 0.1) is 0 Å². The first kappa shape index (κ1) is 64.8. The maximum Gasteiger partial charge on any atom is 0.306 e. The van der Waals surface area contributed by atoms with Crippen LogP contribution in [0.4, 0.5) is 0 Å². The van der Waals surface area contributed by atoms with Gasteiger partial charge >= 0.3 is 17.9 Å². The quantitative estimate of drug-likeness (QED) is 0.0199. The standard InChI is InChI=1S/C62H108O6/c1-4-7-10-13-16-19-22-25-28-30-31-32-35-37-40-43-46-49-52-55-61(64)67-58-59(57-66-60(63)54-51-48-45-42-39-36-33-27-24-21-18-15-12-9-6-3)68-62(65)56-53-50-47-44-41-38-34-29-26-23-20-17-14-11-8-5-2/h9,12,15,18,21,24,27,30-31,33,36,39,59H,4-8,10-11,13-14,16-17,19-20,22-23,25-26,28-29,32,34-35,37-38,40-58H2,1-3H3/b12-9-,18-15-,24-21-,31-30-,33-27-,39-36-. The molecule has 392 valence electrons. The largest absolute Gasteiger partial charge is 0.462 e. The molecule has 1 unspecified atom stereocenters. The van der Waals surface area contributed by atoms with E-state index in [0.29, 0.717) is 19.3 Å². The van der Waals surface area contributed by atoms with Gasteiger partial charge in [0.15, 0.2) is 6.10 Å². The van der Waals surface area contributed by atoms with Crippen LogP contribution < -0.4 is 0 Å². The summed E-state index contributed by atoms with van der Waals surface area (Å²) in [7, 11) is 0. The maximum atomic E-state index is 12.9. The Morgan fingerprint density at radius 1 is 0.309 bits per heavy atom. The lowest BCUT2D eigenvalue weighted by atomic mass is 10.0. The molecule has 0 amide bonds. The molecular weight excluding hydrogens is 841 g/mol. The SMILES string of the molecule is CC\C=C/C=C\C=C/C=C\C=C/CCCCCC(=O)OCC(COC(=O)CCCCCCCCC/C=C\CCCCCCCCCC)OC(=O)CCCCCCCCCCCCCCCCCC. The molecule has 0 radical (unpaired) electrons. The van der Waals surface area contributed by atoms with Gasteiger partial charge in [0.2, 0.25) is 0 Å². The van der Waals surface area contributed by atoms with Crippen molar-refractivity contribution in [2.45, 2.75) is 290 Å². The first-order valence-corrected chi connectivity index (χ1v) is 29.0. The van der Waals surface area contributed by atoms with Crippen molar-refractivity contribution in [2.75, 3.05) is 13.2 Å². The number of carbonyl (C=O) groups excluding carboxylic acids is 3. The van der Waals surface area contributed by atoms with Crippen molar-refractivity contribution < 1.29 is 28.6 Å². The van der Waals surface area contributed by atoms with Crippen LogP contribution in [0.2, 0.25) is 0 Å². The zero-order valence-corrected chi connectivity index (χ0v) is 44.9. The molecule has 0 aromatic heterocycles. The lowest BCUT2D eigenvalue weighted by molar-refractivity contribution is -0.167. The van der Waals surface area contributed by atoms with E-state index in [-0.39, 0.29) is 31.1 Å². The van der Waals surface area contributed by atoms with Crippen LogP contribution in [0.3, 0.4) is 0 Å². The van der Waals surface area contributed by atoms with E-state index in [2.05, 4.69) is 51.2 Å². The summed E-state index contributed by atoms with van der Waals surface area (Å²) in [5, 5.41) is 0. The monoisotopic (exact) mass is 949 g/mol. The highest BCUT2D eigenvalue weighted by molar-refractivity contribution is 5.71. The molecular formula is C62H108O6. The molecule has 6 nitrogen and oxygen atoms in total. The van der Waals surface area contributed by atoms with Crippen molar-refractivity contribution in [1.29, 1.82) is 0 Å². The van der Waals surface area contributed by atoms with Crippen molar-refractivity contribution in [3.8, 4) is 0 Å². The van der Waals surface area contributed by atoms with Crippen LogP contribution in [0.15, 0.2) is 72.9 Å². The molecule has 0 aliphatic carbocycles. The predicted octanol–water partition coefficient (Wildman–Crippen LogP) is 19.4. The molecule has 0 fully saturated rings. The van der Waals surface area contributed by atoms with Crippen LogP contribution in [0.25, 0.3) is 0 Å². The van der Waals surface area contributed by atoms with E-state index in [0.717, 1.165) is 70.6 Å². The van der Waals surface area contributed by atoms with Crippen LogP contribution in [-0.2, 0) is 28.6 Å². The van der Waals surface area contributed by atoms with Gasteiger partial charge in [-0.1, -0.05) is 273 Å². The highest BCUT2D eigenvalue weighted by Crippen LogP contribution is 2.16. The Kier molecular flexibility index (Phi) is 53.8. The average Bonchev–Trinajstić information content (AvgIpc) is 3.34. The number of allylic oxidation sites excluding steroid dienone is 12. The van der Waals surface area contributed by atoms with Crippen molar-refractivity contribution in [3.63, 3.8) is 0 Å². The second-order valence-corrected chi connectivity index (χ2v) is 19.3. The van der Waals surface area contributed by atoms with Gasteiger partial charge in [0.05, 0.1) is 0 Å². The minimum Gasteiger partial charge on any atom is -0.462 e. The summed E-state index contributed by atoms with van der Waals surface area (Å²) in [5.41, 5.74) is 0. The maximum absolute atomic E-state index is 12.9. The van der Waals surface area contributed by atoms with Gasteiger partial charge in [-0.2, -0.15) is 0 Å². The summed E-state index contributed by atoms with van der Waals surface area (Å²) >= 11 is 0. The molecule has 0 bridgehead atoms. The van der Waals surface area contributed by atoms with Crippen LogP contribution in [0.5, 0.6) is 0 Å². The Hall–Kier alpha value is -3.15. The van der Waals surface area contributed by atoms with Gasteiger partial charge < -0.3 is 14.2 Å². The molecule has 0 aliphatic rings. The van der Waals surface area contributed by atoms with E-state index in [1.54, 1.807) is 0 Å². The van der Waals surface area contributed by atoms with E-state index < -0.39 is 6.10 Å². The third-order valence-corrected chi connectivity index (χ3v) is 12.6. The molecule has 1 atom stereocenters. The highest BCUT2D eigenvalue weighted by atomic mass is 16.6. The molecule has 6 heteroatoms. The van der Waals surface area contributed by atoms with Gasteiger partial charge in [0, 0.05) is 19.3 Å². The molecule has 0 N–H and O–H groups in total. The zero-order valence-electron chi connectivity index (χ0n) is 44.9. The molecule has 0 saturated heterocycles. The number of hydrogen-bond donors (Lipinski definition) is 0. The Bertz CT molecular complexity index is 1270. The Labute approximate surface area is 421 Å². The van der Waals surface area contributed by atoms with E-state index in [4.69, 9.17) is 14.2 Å². The van der Waals surface area contributed by atoms with Crippen LogP contribution in [0.1, 0.15) is 284 Å². The summed E-state index contributed by atoms with van der Waals surface area (Å²) in [6.45, 7) is 6.49. The third kappa shape index (κ3) is 53.8. The van der Waals surface area contributed by atoms with Gasteiger partial charge in [0.1, 0.15) is 13.2 Å². The van der Waals surface area contributed by atoms with Crippen LogP contribution in [-0.4, -0.2) is 37.2 Å². The highest BCUT2D eigenvalue weighted by Gasteiger charge is 2.19. The molecule has 68 heavy (non-hydrogen) atoms. The van der Waals surface area contributed by atoms with Gasteiger partial charge in [-0.15, -0.1) is 0 Å². The summed E-state index contributed by atoms with van der Waals surface area (Å²) in [6.07, 6.45) is 71.8. The molecule has 0 heterocycles. The van der Waals surface area contributed by atoms with Gasteiger partial charge in [-0.05, 0) is 64.2 Å². The molecule has 0 aliphatic heterocycles. The zero-order chi connectivity index (χ0) is 49.3. The second-order valence-electron chi connectivity index (χ2n) is 19.3. The number of unbranched alkanes of at least 4 members (excludes halogenated alkanes) is 33. The van der Waals surface area contributed by atoms with Gasteiger partial charge in [-0.25, -0.2) is 0 Å². The van der Waals surface area contributed by atoms with E-state index >= 15 is 0 Å². The number of esters is 3. The van der Waals surface area contributed by atoms with Crippen molar-refractivity contribution in [2.24, 2.45) is 0 Å². The van der Waals surface area contributed by atoms with E-state index in [1.165, 1.54) is 173 Å². The summed E-state index contributed by atoms with van der Waals surface area (Å²) in [4.78, 5) is 38.2. The fourth-order valence-corrected chi connectivity index (χ4v) is 8.22. The topological polar surface area (TPSA) is 78.9 Å². The predicted molar refractivity (Wildman–Crippen MR) is 293 cm³/mol. The average molecular weight is 950 g/mol. The molecule has 0 aromatic rings.